The standard InChI is InChI=1S/C16H16N2O7/c1-18-12(20)9-6-4-5-7-10(9)16(13(18)21,14(22)24-2)8-11(19)17-15(23)25-3/h4-7H,8H2,1-3H3,(H,17,19,23). The van der Waals surface area contributed by atoms with Crippen molar-refractivity contribution in [3.05, 3.63) is 35.4 Å². The molecule has 0 radical (unpaired) electrons. The second kappa shape index (κ2) is 6.71. The van der Waals surface area contributed by atoms with E-state index in [4.69, 9.17) is 4.74 Å². The Bertz CT molecular complexity index is 774. The lowest BCUT2D eigenvalue weighted by atomic mass is 9.71. The van der Waals surface area contributed by atoms with E-state index in [1.165, 1.54) is 25.2 Å². The SMILES string of the molecule is COC(=O)NC(=O)CC1(C(=O)OC)C(=O)N(C)C(=O)c2ccccc21. The summed E-state index contributed by atoms with van der Waals surface area (Å²) in [6.07, 6.45) is -1.76. The van der Waals surface area contributed by atoms with Gasteiger partial charge in [0.15, 0.2) is 5.41 Å². The molecule has 0 saturated heterocycles. The molecule has 1 aromatic carbocycles. The Morgan fingerprint density at radius 2 is 1.76 bits per heavy atom. The Labute approximate surface area is 142 Å². The third-order valence-corrected chi connectivity index (χ3v) is 3.98. The molecule has 1 N–H and O–H groups in total. The number of rotatable bonds is 3. The van der Waals surface area contributed by atoms with Crippen LogP contribution in [0.5, 0.6) is 0 Å². The molecule has 1 unspecified atom stereocenters. The first-order valence-corrected chi connectivity index (χ1v) is 7.17. The van der Waals surface area contributed by atoms with Gasteiger partial charge in [0.25, 0.3) is 11.8 Å². The molecule has 0 aliphatic carbocycles. The van der Waals surface area contributed by atoms with E-state index in [1.807, 2.05) is 5.32 Å². The third kappa shape index (κ3) is 2.84. The van der Waals surface area contributed by atoms with Crippen LogP contribution < -0.4 is 5.32 Å². The Morgan fingerprint density at radius 3 is 2.36 bits per heavy atom. The lowest BCUT2D eigenvalue weighted by Gasteiger charge is -2.37. The zero-order valence-corrected chi connectivity index (χ0v) is 13.8. The minimum Gasteiger partial charge on any atom is -0.468 e. The van der Waals surface area contributed by atoms with Crippen molar-refractivity contribution in [2.45, 2.75) is 11.8 Å². The van der Waals surface area contributed by atoms with E-state index >= 15 is 0 Å². The summed E-state index contributed by atoms with van der Waals surface area (Å²) in [6, 6.07) is 5.94. The number of carbonyl (C=O) groups excluding carboxylic acids is 5. The predicted molar refractivity (Wildman–Crippen MR) is 82.4 cm³/mol. The highest BCUT2D eigenvalue weighted by Gasteiger charge is 2.57. The molecule has 132 valence electrons. The summed E-state index contributed by atoms with van der Waals surface area (Å²) in [6.45, 7) is 0. The fourth-order valence-corrected chi connectivity index (χ4v) is 2.78. The maximum atomic E-state index is 12.8. The number of imide groups is 2. The summed E-state index contributed by atoms with van der Waals surface area (Å²) >= 11 is 0. The highest BCUT2D eigenvalue weighted by Crippen LogP contribution is 2.38. The number of hydrogen-bond donors (Lipinski definition) is 1. The first kappa shape index (κ1) is 18.1. The predicted octanol–water partition coefficient (Wildman–Crippen LogP) is -0.0177. The van der Waals surface area contributed by atoms with E-state index < -0.39 is 41.6 Å². The van der Waals surface area contributed by atoms with Gasteiger partial charge in [-0.25, -0.2) is 4.79 Å². The molecule has 2 rings (SSSR count). The van der Waals surface area contributed by atoms with Gasteiger partial charge in [-0.2, -0.15) is 0 Å². The first-order valence-electron chi connectivity index (χ1n) is 7.17. The minimum absolute atomic E-state index is 0.0509. The molecular formula is C16H16N2O7. The molecule has 0 bridgehead atoms. The Hall–Kier alpha value is -3.23. The highest BCUT2D eigenvalue weighted by atomic mass is 16.5. The zero-order valence-electron chi connectivity index (χ0n) is 13.8. The number of alkyl carbamates (subject to hydrolysis) is 1. The van der Waals surface area contributed by atoms with Crippen molar-refractivity contribution < 1.29 is 33.4 Å². The largest absolute Gasteiger partial charge is 0.468 e. The molecule has 1 aliphatic heterocycles. The number of nitrogens with one attached hydrogen (secondary N) is 1. The van der Waals surface area contributed by atoms with Crippen LogP contribution in [0.3, 0.4) is 0 Å². The topological polar surface area (TPSA) is 119 Å². The minimum atomic E-state index is -2.08. The summed E-state index contributed by atoms with van der Waals surface area (Å²) in [5.41, 5.74) is -1.93. The van der Waals surface area contributed by atoms with Crippen LogP contribution in [-0.2, 0) is 29.3 Å². The molecule has 0 saturated carbocycles. The molecule has 9 heteroatoms. The zero-order chi connectivity index (χ0) is 18.8. The van der Waals surface area contributed by atoms with E-state index in [0.717, 1.165) is 19.1 Å². The molecule has 1 aliphatic rings. The number of hydrogen-bond acceptors (Lipinski definition) is 7. The molecule has 0 fully saturated rings. The summed E-state index contributed by atoms with van der Waals surface area (Å²) in [4.78, 5) is 61.8. The van der Waals surface area contributed by atoms with Gasteiger partial charge in [-0.15, -0.1) is 0 Å². The normalized spacial score (nSPS) is 19.1. The lowest BCUT2D eigenvalue weighted by Crippen LogP contribution is -2.59. The number of carbonyl (C=O) groups is 5. The molecule has 4 amide bonds. The van der Waals surface area contributed by atoms with Gasteiger partial charge in [0, 0.05) is 12.6 Å². The van der Waals surface area contributed by atoms with Crippen LogP contribution in [-0.4, -0.2) is 56.0 Å². The molecule has 25 heavy (non-hydrogen) atoms. The first-order chi connectivity index (χ1) is 11.8. The van der Waals surface area contributed by atoms with Crippen LogP contribution in [0.15, 0.2) is 24.3 Å². The molecule has 0 aromatic heterocycles. The maximum absolute atomic E-state index is 12.8. The van der Waals surface area contributed by atoms with Gasteiger partial charge >= 0.3 is 12.1 Å². The molecule has 9 nitrogen and oxygen atoms in total. The highest BCUT2D eigenvalue weighted by molar-refractivity contribution is 6.22. The number of amides is 4. The molecule has 0 spiro atoms. The summed E-state index contributed by atoms with van der Waals surface area (Å²) < 4.78 is 9.07. The van der Waals surface area contributed by atoms with Crippen LogP contribution in [0.25, 0.3) is 0 Å². The molecular weight excluding hydrogens is 332 g/mol. The Morgan fingerprint density at radius 1 is 1.12 bits per heavy atom. The lowest BCUT2D eigenvalue weighted by molar-refractivity contribution is -0.158. The van der Waals surface area contributed by atoms with Gasteiger partial charge in [0.05, 0.1) is 20.6 Å². The summed E-state index contributed by atoms with van der Waals surface area (Å²) in [7, 11) is 3.33. The van der Waals surface area contributed by atoms with Gasteiger partial charge in [0.1, 0.15) is 0 Å². The second-order valence-corrected chi connectivity index (χ2v) is 5.33. The van der Waals surface area contributed by atoms with E-state index in [0.29, 0.717) is 0 Å². The van der Waals surface area contributed by atoms with Gasteiger partial charge in [-0.05, 0) is 11.6 Å². The van der Waals surface area contributed by atoms with Gasteiger partial charge in [0.2, 0.25) is 5.91 Å². The third-order valence-electron chi connectivity index (χ3n) is 3.98. The molecule has 1 heterocycles. The number of ether oxygens (including phenoxy) is 2. The Balaban J connectivity index is 2.62. The van der Waals surface area contributed by atoms with Crippen LogP contribution in [0.4, 0.5) is 4.79 Å². The van der Waals surface area contributed by atoms with Gasteiger partial charge in [-0.1, -0.05) is 18.2 Å². The number of benzene rings is 1. The van der Waals surface area contributed by atoms with Crippen molar-refractivity contribution in [3.8, 4) is 0 Å². The van der Waals surface area contributed by atoms with Crippen LogP contribution >= 0.6 is 0 Å². The van der Waals surface area contributed by atoms with Crippen molar-refractivity contribution in [2.75, 3.05) is 21.3 Å². The monoisotopic (exact) mass is 348 g/mol. The van der Waals surface area contributed by atoms with Crippen molar-refractivity contribution >= 4 is 29.8 Å². The smallest absolute Gasteiger partial charge is 0.413 e. The fourth-order valence-electron chi connectivity index (χ4n) is 2.78. The van der Waals surface area contributed by atoms with Crippen molar-refractivity contribution in [3.63, 3.8) is 0 Å². The van der Waals surface area contributed by atoms with E-state index in [-0.39, 0.29) is 11.1 Å². The fraction of sp³-hybridized carbons (Fsp3) is 0.312. The summed E-state index contributed by atoms with van der Waals surface area (Å²) in [5, 5.41) is 1.89. The number of nitrogens with zero attached hydrogens (tertiary/aromatic N) is 1. The molecule has 1 aromatic rings. The summed E-state index contributed by atoms with van der Waals surface area (Å²) in [5.74, 6) is -3.45. The van der Waals surface area contributed by atoms with Crippen molar-refractivity contribution in [1.82, 2.24) is 10.2 Å². The maximum Gasteiger partial charge on any atom is 0.413 e. The average Bonchev–Trinajstić information content (AvgIpc) is 2.62. The van der Waals surface area contributed by atoms with E-state index in [9.17, 15) is 24.0 Å². The second-order valence-electron chi connectivity index (χ2n) is 5.33. The van der Waals surface area contributed by atoms with Gasteiger partial charge < -0.3 is 9.47 Å². The van der Waals surface area contributed by atoms with Crippen LogP contribution in [0.2, 0.25) is 0 Å². The number of methoxy groups -OCH3 is 2. The van der Waals surface area contributed by atoms with Crippen molar-refractivity contribution in [1.29, 1.82) is 0 Å². The Kier molecular flexibility index (Phi) is 4.87. The number of fused-ring (bicyclic) bond motifs is 1. The number of esters is 1. The molecule has 1 atom stereocenters. The van der Waals surface area contributed by atoms with E-state index in [2.05, 4.69) is 4.74 Å². The average molecular weight is 348 g/mol. The van der Waals surface area contributed by atoms with Gasteiger partial charge in [-0.3, -0.25) is 29.4 Å². The quantitative estimate of drug-likeness (QED) is 0.463. The van der Waals surface area contributed by atoms with Crippen molar-refractivity contribution in [2.24, 2.45) is 0 Å². The number of likely N-dealkylation sites (N-methyl/N-ethyl adjacent to an activating group) is 1. The van der Waals surface area contributed by atoms with E-state index in [1.54, 1.807) is 6.07 Å². The van der Waals surface area contributed by atoms with Crippen LogP contribution in [0, 0.1) is 0 Å². The van der Waals surface area contributed by atoms with Crippen LogP contribution in [0.1, 0.15) is 22.3 Å².